The molecule has 0 saturated carbocycles. The number of nitrogens with one attached hydrogen (secondary N) is 5. The molecule has 0 bridgehead atoms. The van der Waals surface area contributed by atoms with Crippen LogP contribution in [0.4, 0.5) is 5.69 Å². The van der Waals surface area contributed by atoms with E-state index in [1.807, 2.05) is 90.9 Å². The third-order valence-corrected chi connectivity index (χ3v) is 11.0. The smallest absolute Gasteiger partial charge is 0.303 e. The first-order valence-corrected chi connectivity index (χ1v) is 21.1. The molecule has 6 atom stereocenters. The van der Waals surface area contributed by atoms with Crippen molar-refractivity contribution in [3.05, 3.63) is 77.4 Å². The summed E-state index contributed by atoms with van der Waals surface area (Å²) in [6.07, 6.45) is 1.62. The number of carboxylic acids is 1. The summed E-state index contributed by atoms with van der Waals surface area (Å²) in [4.78, 5) is 99.3. The van der Waals surface area contributed by atoms with Gasteiger partial charge in [0.1, 0.15) is 24.2 Å². The molecule has 16 heteroatoms. The second-order valence-corrected chi connectivity index (χ2v) is 18.2. The lowest BCUT2D eigenvalue weighted by molar-refractivity contribution is -0.188. The number of likely N-dealkylation sites (N-methyl/N-ethyl adjacent to an activating group) is 1. The van der Waals surface area contributed by atoms with Crippen LogP contribution in [0.5, 0.6) is 0 Å². The molecule has 16 nitrogen and oxygen atoms in total. The SMILES string of the molecule is C/C(=C\[C@@H](NC(=O)[C@@H](N1C(=O)C(N(C)C)C1(C)c1ccccc1)C(C)(C)C)C(C)C)C(=O)NOCc1ccc(NC(=O)[C@H](C)NC(=O)C(NC(=O)CCCC(=O)O)C(C)C)cc1. The lowest BCUT2D eigenvalue weighted by Crippen LogP contribution is -2.79. The molecular formula is C46H67N7O9. The van der Waals surface area contributed by atoms with Crippen LogP contribution in [-0.2, 0) is 50.5 Å². The third-order valence-electron chi connectivity index (χ3n) is 11.0. The van der Waals surface area contributed by atoms with Crippen LogP contribution in [0.25, 0.3) is 0 Å². The van der Waals surface area contributed by atoms with Crippen molar-refractivity contribution in [1.29, 1.82) is 0 Å². The first-order chi connectivity index (χ1) is 28.9. The van der Waals surface area contributed by atoms with Crippen molar-refractivity contribution in [3.63, 3.8) is 0 Å². The highest BCUT2D eigenvalue weighted by Crippen LogP contribution is 2.48. The third kappa shape index (κ3) is 13.2. The molecule has 0 radical (unpaired) electrons. The number of β-lactam (4-membered cyclic amide) rings is 1. The fraction of sp³-hybridized carbons (Fsp3) is 0.543. The number of hydrogen-bond donors (Lipinski definition) is 6. The molecule has 2 aromatic carbocycles. The molecule has 62 heavy (non-hydrogen) atoms. The first kappa shape index (κ1) is 50.7. The van der Waals surface area contributed by atoms with Crippen molar-refractivity contribution < 1.29 is 43.5 Å². The highest BCUT2D eigenvalue weighted by molar-refractivity contribution is 5.99. The Morgan fingerprint density at radius 2 is 1.47 bits per heavy atom. The van der Waals surface area contributed by atoms with Crippen LogP contribution in [0, 0.1) is 17.3 Å². The summed E-state index contributed by atoms with van der Waals surface area (Å²) in [5.41, 5.74) is 3.42. The second kappa shape index (κ2) is 22.0. The lowest BCUT2D eigenvalue weighted by atomic mass is 9.69. The van der Waals surface area contributed by atoms with E-state index in [2.05, 4.69) is 26.7 Å². The predicted molar refractivity (Wildman–Crippen MR) is 236 cm³/mol. The Morgan fingerprint density at radius 3 is 2.00 bits per heavy atom. The van der Waals surface area contributed by atoms with Gasteiger partial charge in [0, 0.05) is 24.1 Å². The van der Waals surface area contributed by atoms with Gasteiger partial charge in [0.2, 0.25) is 29.5 Å². The van der Waals surface area contributed by atoms with Gasteiger partial charge in [-0.25, -0.2) is 5.48 Å². The number of nitrogens with zero attached hydrogens (tertiary/aromatic N) is 2. The van der Waals surface area contributed by atoms with Gasteiger partial charge in [-0.1, -0.05) is 97.0 Å². The summed E-state index contributed by atoms with van der Waals surface area (Å²) >= 11 is 0. The fourth-order valence-electron chi connectivity index (χ4n) is 7.49. The van der Waals surface area contributed by atoms with E-state index < -0.39 is 70.8 Å². The number of rotatable bonds is 21. The van der Waals surface area contributed by atoms with Crippen molar-refractivity contribution in [2.24, 2.45) is 17.3 Å². The van der Waals surface area contributed by atoms with E-state index in [4.69, 9.17) is 9.94 Å². The Balaban J connectivity index is 1.58. The maximum absolute atomic E-state index is 14.3. The van der Waals surface area contributed by atoms with Crippen molar-refractivity contribution in [3.8, 4) is 0 Å². The van der Waals surface area contributed by atoms with E-state index in [1.165, 1.54) is 6.92 Å². The Hall–Kier alpha value is -5.61. The quantitative estimate of drug-likeness (QED) is 0.0596. The summed E-state index contributed by atoms with van der Waals surface area (Å²) in [6.45, 7) is 18.3. The van der Waals surface area contributed by atoms with Gasteiger partial charge in [-0.05, 0) is 81.8 Å². The number of carboxylic acid groups (broad SMARTS) is 1. The largest absolute Gasteiger partial charge is 0.481 e. The molecule has 0 spiro atoms. The number of carbonyl (C=O) groups excluding carboxylic acids is 6. The minimum absolute atomic E-state index is 0.00786. The molecule has 1 heterocycles. The summed E-state index contributed by atoms with van der Waals surface area (Å²) < 4.78 is 0. The minimum atomic E-state index is -1.01. The van der Waals surface area contributed by atoms with Crippen LogP contribution in [0.3, 0.4) is 0 Å². The molecule has 1 aliphatic rings. The number of benzene rings is 2. The Kier molecular flexibility index (Phi) is 18.0. The van der Waals surface area contributed by atoms with E-state index in [-0.39, 0.29) is 49.5 Å². The predicted octanol–water partition coefficient (Wildman–Crippen LogP) is 4.26. The summed E-state index contributed by atoms with van der Waals surface area (Å²) in [7, 11) is 3.73. The van der Waals surface area contributed by atoms with Gasteiger partial charge < -0.3 is 31.3 Å². The van der Waals surface area contributed by atoms with Crippen LogP contribution >= 0.6 is 0 Å². The molecule has 0 aromatic heterocycles. The molecule has 0 aliphatic carbocycles. The van der Waals surface area contributed by atoms with E-state index in [0.29, 0.717) is 16.8 Å². The molecule has 340 valence electrons. The summed E-state index contributed by atoms with van der Waals surface area (Å²) in [5.74, 6) is -3.85. The topological polar surface area (TPSA) is 216 Å². The van der Waals surface area contributed by atoms with Crippen LogP contribution in [0.2, 0.25) is 0 Å². The van der Waals surface area contributed by atoms with E-state index in [9.17, 15) is 33.6 Å². The molecule has 1 fully saturated rings. The van der Waals surface area contributed by atoms with Gasteiger partial charge >= 0.3 is 5.97 Å². The Bertz CT molecular complexity index is 1940. The lowest BCUT2D eigenvalue weighted by Gasteiger charge is -2.62. The molecule has 1 saturated heterocycles. The Morgan fingerprint density at radius 1 is 0.855 bits per heavy atom. The standard InChI is InChI=1S/C46H67N7O9/c1-27(2)34(49-43(60)38(45(7,8)9)53-44(61)39(52(11)12)46(53,10)32-17-14-13-15-18-32)25-29(5)40(57)51-62-26-31-21-23-33(24-22-31)48-41(58)30(6)47-42(59)37(28(3)4)50-35(54)19-16-20-36(55)56/h13-15,17-18,21-25,27-28,30,34,37-39H,16,19-20,26H2,1-12H3,(H,47,59)(H,48,58)(H,49,60)(H,50,54)(H,51,57)(H,55,56)/b29-25+/t30-,34+,37?,38+,39?,46?/m0/s1. The highest BCUT2D eigenvalue weighted by Gasteiger charge is 2.63. The van der Waals surface area contributed by atoms with Gasteiger partial charge in [-0.15, -0.1) is 0 Å². The zero-order valence-corrected chi connectivity index (χ0v) is 38.3. The average Bonchev–Trinajstić information content (AvgIpc) is 3.18. The molecule has 2 aromatic rings. The van der Waals surface area contributed by atoms with E-state index in [0.717, 1.165) is 5.56 Å². The molecular weight excluding hydrogens is 795 g/mol. The highest BCUT2D eigenvalue weighted by atomic mass is 16.6. The normalized spacial score (nSPS) is 18.6. The fourth-order valence-corrected chi connectivity index (χ4v) is 7.49. The Labute approximate surface area is 365 Å². The zero-order chi connectivity index (χ0) is 46.7. The van der Waals surface area contributed by atoms with Crippen LogP contribution in [-0.4, -0.2) is 101 Å². The molecule has 6 N–H and O–H groups in total. The molecule has 3 rings (SSSR count). The number of anilines is 1. The van der Waals surface area contributed by atoms with Crippen LogP contribution in [0.15, 0.2) is 66.2 Å². The van der Waals surface area contributed by atoms with Crippen LogP contribution < -0.4 is 26.7 Å². The van der Waals surface area contributed by atoms with Gasteiger partial charge in [0.25, 0.3) is 5.91 Å². The first-order valence-electron chi connectivity index (χ1n) is 21.1. The monoisotopic (exact) mass is 862 g/mol. The van der Waals surface area contributed by atoms with Crippen molar-refractivity contribution in [2.45, 2.75) is 131 Å². The number of hydroxylamine groups is 1. The van der Waals surface area contributed by atoms with E-state index in [1.54, 1.807) is 56.0 Å². The van der Waals surface area contributed by atoms with Gasteiger partial charge in [-0.2, -0.15) is 0 Å². The van der Waals surface area contributed by atoms with E-state index >= 15 is 0 Å². The van der Waals surface area contributed by atoms with Gasteiger partial charge in [-0.3, -0.25) is 43.3 Å². The number of amides is 6. The summed E-state index contributed by atoms with van der Waals surface area (Å²) in [5, 5.41) is 19.9. The average molecular weight is 862 g/mol. The minimum Gasteiger partial charge on any atom is -0.481 e. The molecule has 6 amide bonds. The maximum Gasteiger partial charge on any atom is 0.303 e. The number of aliphatic carboxylic acids is 1. The number of hydrogen-bond acceptors (Lipinski definition) is 9. The molecule has 3 unspecified atom stereocenters. The van der Waals surface area contributed by atoms with Gasteiger partial charge in [0.15, 0.2) is 0 Å². The zero-order valence-electron chi connectivity index (χ0n) is 38.3. The van der Waals surface area contributed by atoms with Crippen molar-refractivity contribution >= 4 is 47.1 Å². The maximum atomic E-state index is 14.3. The van der Waals surface area contributed by atoms with Gasteiger partial charge in [0.05, 0.1) is 18.2 Å². The van der Waals surface area contributed by atoms with Crippen molar-refractivity contribution in [2.75, 3.05) is 19.4 Å². The second-order valence-electron chi connectivity index (χ2n) is 18.2. The molecule has 1 aliphatic heterocycles. The number of carbonyl (C=O) groups is 7. The number of likely N-dealkylation sites (tertiary alicyclic amines) is 1. The van der Waals surface area contributed by atoms with Crippen molar-refractivity contribution in [1.82, 2.24) is 31.2 Å². The van der Waals surface area contributed by atoms with Crippen LogP contribution in [0.1, 0.15) is 99.6 Å². The summed E-state index contributed by atoms with van der Waals surface area (Å²) in [6, 6.07) is 12.7.